The smallest absolute Gasteiger partial charge is 0.243 e. The topological polar surface area (TPSA) is 61.9 Å². The van der Waals surface area contributed by atoms with Gasteiger partial charge in [0.1, 0.15) is 0 Å². The Kier molecular flexibility index (Phi) is 7.64. The Morgan fingerprint density at radius 1 is 1.17 bits per heavy atom. The monoisotopic (exact) mass is 473 g/mol. The van der Waals surface area contributed by atoms with Crippen LogP contribution >= 0.6 is 15.9 Å². The predicted molar refractivity (Wildman–Crippen MR) is 121 cm³/mol. The van der Waals surface area contributed by atoms with Crippen molar-refractivity contribution in [2.24, 2.45) is 0 Å². The molecule has 0 bridgehead atoms. The molecule has 2 aromatic rings. The maximum Gasteiger partial charge on any atom is 0.243 e. The number of ether oxygens (including phenoxy) is 1. The van der Waals surface area contributed by atoms with Crippen molar-refractivity contribution in [3.63, 3.8) is 0 Å². The van der Waals surface area contributed by atoms with Crippen molar-refractivity contribution in [1.29, 1.82) is 0 Å². The largest absolute Gasteiger partial charge is 0.371 e. The molecule has 0 aliphatic carbocycles. The third-order valence-corrected chi connectivity index (χ3v) is 5.83. The van der Waals surface area contributed by atoms with E-state index in [2.05, 4.69) is 26.1 Å². The molecule has 1 N–H and O–H groups in total. The zero-order chi connectivity index (χ0) is 21.7. The third-order valence-electron chi connectivity index (χ3n) is 5.30. The maximum absolute atomic E-state index is 12.7. The van der Waals surface area contributed by atoms with Gasteiger partial charge in [0.25, 0.3) is 0 Å². The highest BCUT2D eigenvalue weighted by atomic mass is 79.9. The molecule has 2 amide bonds. The molecule has 1 aliphatic heterocycles. The van der Waals surface area contributed by atoms with E-state index >= 15 is 0 Å². The lowest BCUT2D eigenvalue weighted by Gasteiger charge is -2.33. The number of nitrogens with zero attached hydrogens (tertiary/aromatic N) is 2. The van der Waals surface area contributed by atoms with Gasteiger partial charge in [0, 0.05) is 30.3 Å². The van der Waals surface area contributed by atoms with Crippen LogP contribution in [0.15, 0.2) is 46.9 Å². The van der Waals surface area contributed by atoms with Gasteiger partial charge in [0.15, 0.2) is 0 Å². The van der Waals surface area contributed by atoms with Crippen LogP contribution in [0, 0.1) is 13.8 Å². The summed E-state index contributed by atoms with van der Waals surface area (Å²) >= 11 is 3.44. The van der Waals surface area contributed by atoms with Crippen LogP contribution in [0.25, 0.3) is 0 Å². The van der Waals surface area contributed by atoms with Crippen LogP contribution in [-0.2, 0) is 14.3 Å². The number of morpholine rings is 1. The lowest BCUT2D eigenvalue weighted by Crippen LogP contribution is -2.46. The molecule has 7 heteroatoms. The molecular formula is C23H28BrN3O3. The molecule has 3 rings (SSSR count). The minimum absolute atomic E-state index is 0.0209. The van der Waals surface area contributed by atoms with Gasteiger partial charge in [-0.1, -0.05) is 46.3 Å². The fraction of sp³-hybridized carbons (Fsp3) is 0.391. The second-order valence-corrected chi connectivity index (χ2v) is 8.63. The van der Waals surface area contributed by atoms with Crippen LogP contribution in [0.2, 0.25) is 0 Å². The van der Waals surface area contributed by atoms with Crippen molar-refractivity contribution >= 4 is 33.4 Å². The first-order valence-electron chi connectivity index (χ1n) is 10.0. The van der Waals surface area contributed by atoms with E-state index in [1.54, 1.807) is 7.05 Å². The summed E-state index contributed by atoms with van der Waals surface area (Å²) < 4.78 is 6.91. The lowest BCUT2D eigenvalue weighted by molar-refractivity contribution is -0.136. The summed E-state index contributed by atoms with van der Waals surface area (Å²) in [4.78, 5) is 28.7. The first kappa shape index (κ1) is 22.5. The second-order valence-electron chi connectivity index (χ2n) is 7.71. The number of carbonyl (C=O) groups excluding carboxylic acids is 2. The quantitative estimate of drug-likeness (QED) is 0.696. The number of aryl methyl sites for hydroxylation is 2. The van der Waals surface area contributed by atoms with Crippen LogP contribution < -0.4 is 5.32 Å². The van der Waals surface area contributed by atoms with Crippen molar-refractivity contribution in [3.8, 4) is 0 Å². The number of hydrogen-bond donors (Lipinski definition) is 1. The number of halogens is 1. The Labute approximate surface area is 186 Å². The molecule has 1 aliphatic rings. The molecular weight excluding hydrogens is 446 g/mol. The molecule has 2 aromatic carbocycles. The zero-order valence-electron chi connectivity index (χ0n) is 17.7. The Balaban J connectivity index is 1.52. The van der Waals surface area contributed by atoms with Crippen molar-refractivity contribution < 1.29 is 14.3 Å². The number of hydrogen-bond acceptors (Lipinski definition) is 4. The van der Waals surface area contributed by atoms with Gasteiger partial charge in [0.05, 0.1) is 25.8 Å². The van der Waals surface area contributed by atoms with Gasteiger partial charge in [-0.05, 0) is 42.7 Å². The maximum atomic E-state index is 12.7. The number of rotatable bonds is 6. The molecule has 30 heavy (non-hydrogen) atoms. The van der Waals surface area contributed by atoms with Gasteiger partial charge in [-0.15, -0.1) is 0 Å². The van der Waals surface area contributed by atoms with E-state index in [9.17, 15) is 9.59 Å². The summed E-state index contributed by atoms with van der Waals surface area (Å²) in [7, 11) is 1.67. The number of amides is 2. The predicted octanol–water partition coefficient (Wildman–Crippen LogP) is 3.54. The Morgan fingerprint density at radius 3 is 2.50 bits per heavy atom. The van der Waals surface area contributed by atoms with Crippen molar-refractivity contribution in [2.75, 3.05) is 45.2 Å². The Hall–Kier alpha value is -2.22. The van der Waals surface area contributed by atoms with Crippen LogP contribution in [0.3, 0.4) is 0 Å². The number of likely N-dealkylation sites (N-methyl/N-ethyl adjacent to an activating group) is 1. The number of anilines is 1. The third kappa shape index (κ3) is 5.90. The first-order chi connectivity index (χ1) is 14.3. The standard InChI is InChI=1S/C23H28BrN3O3/c1-16-5-4-6-17(2)23(16)25-21(28)14-26(3)22(29)15-27-11-12-30-20(13-27)18-7-9-19(24)10-8-18/h4-10,20H,11-15H2,1-3H3,(H,25,28). The van der Waals surface area contributed by atoms with Crippen LogP contribution in [0.5, 0.6) is 0 Å². The lowest BCUT2D eigenvalue weighted by atomic mass is 10.1. The zero-order valence-corrected chi connectivity index (χ0v) is 19.2. The first-order valence-corrected chi connectivity index (χ1v) is 10.8. The van der Waals surface area contributed by atoms with Gasteiger partial charge < -0.3 is 15.0 Å². The molecule has 1 heterocycles. The van der Waals surface area contributed by atoms with E-state index in [1.807, 2.05) is 56.3 Å². The van der Waals surface area contributed by atoms with E-state index in [0.717, 1.165) is 26.9 Å². The van der Waals surface area contributed by atoms with Crippen LogP contribution in [0.1, 0.15) is 22.8 Å². The fourth-order valence-corrected chi connectivity index (χ4v) is 3.80. The summed E-state index contributed by atoms with van der Waals surface area (Å²) in [5, 5.41) is 2.93. The van der Waals surface area contributed by atoms with Gasteiger partial charge in [-0.3, -0.25) is 14.5 Å². The molecule has 1 atom stereocenters. The number of para-hydroxylation sites is 1. The second kappa shape index (κ2) is 10.2. The van der Waals surface area contributed by atoms with Crippen molar-refractivity contribution in [2.45, 2.75) is 20.0 Å². The van der Waals surface area contributed by atoms with Crippen molar-refractivity contribution in [1.82, 2.24) is 9.80 Å². The van der Waals surface area contributed by atoms with E-state index in [0.29, 0.717) is 19.7 Å². The fourth-order valence-electron chi connectivity index (χ4n) is 3.53. The Bertz CT molecular complexity index is 881. The van der Waals surface area contributed by atoms with E-state index in [4.69, 9.17) is 4.74 Å². The molecule has 0 saturated carbocycles. The average molecular weight is 474 g/mol. The number of benzene rings is 2. The van der Waals surface area contributed by atoms with Gasteiger partial charge >= 0.3 is 0 Å². The van der Waals surface area contributed by atoms with Gasteiger partial charge in [0.2, 0.25) is 11.8 Å². The molecule has 1 fully saturated rings. The molecule has 0 spiro atoms. The average Bonchev–Trinajstić information content (AvgIpc) is 2.71. The van der Waals surface area contributed by atoms with Crippen LogP contribution in [-0.4, -0.2) is 61.4 Å². The minimum Gasteiger partial charge on any atom is -0.371 e. The molecule has 0 aromatic heterocycles. The normalized spacial score (nSPS) is 16.9. The summed E-state index contributed by atoms with van der Waals surface area (Å²) in [5.74, 6) is -0.277. The summed E-state index contributed by atoms with van der Waals surface area (Å²) in [6.45, 7) is 6.12. The molecule has 1 unspecified atom stereocenters. The highest BCUT2D eigenvalue weighted by Crippen LogP contribution is 2.24. The summed E-state index contributed by atoms with van der Waals surface area (Å²) in [6.07, 6.45) is -0.0581. The highest BCUT2D eigenvalue weighted by Gasteiger charge is 2.25. The number of carbonyl (C=O) groups is 2. The SMILES string of the molecule is Cc1cccc(C)c1NC(=O)CN(C)C(=O)CN1CCOC(c2ccc(Br)cc2)C1. The van der Waals surface area contributed by atoms with Crippen LogP contribution in [0.4, 0.5) is 5.69 Å². The molecule has 160 valence electrons. The number of nitrogens with one attached hydrogen (secondary N) is 1. The summed E-state index contributed by atoms with van der Waals surface area (Å²) in [5.41, 5.74) is 3.92. The highest BCUT2D eigenvalue weighted by molar-refractivity contribution is 9.10. The van der Waals surface area contributed by atoms with E-state index in [1.165, 1.54) is 4.90 Å². The minimum atomic E-state index is -0.196. The van der Waals surface area contributed by atoms with E-state index < -0.39 is 0 Å². The van der Waals surface area contributed by atoms with Crippen molar-refractivity contribution in [3.05, 3.63) is 63.6 Å². The summed E-state index contributed by atoms with van der Waals surface area (Å²) in [6, 6.07) is 13.9. The van der Waals surface area contributed by atoms with Gasteiger partial charge in [-0.25, -0.2) is 0 Å². The molecule has 0 radical (unpaired) electrons. The molecule has 6 nitrogen and oxygen atoms in total. The molecule has 1 saturated heterocycles. The Morgan fingerprint density at radius 2 is 1.83 bits per heavy atom. The van der Waals surface area contributed by atoms with E-state index in [-0.39, 0.29) is 31.0 Å². The van der Waals surface area contributed by atoms with Gasteiger partial charge in [-0.2, -0.15) is 0 Å².